The number of ether oxygens (including phenoxy) is 3. The maximum absolute atomic E-state index is 10.6. The van der Waals surface area contributed by atoms with Gasteiger partial charge in [0, 0.05) is 20.6 Å². The number of hydrogen-bond acceptors (Lipinski definition) is 4. The summed E-state index contributed by atoms with van der Waals surface area (Å²) in [7, 11) is 1.70. The van der Waals surface area contributed by atoms with Gasteiger partial charge in [-0.3, -0.25) is 4.79 Å². The summed E-state index contributed by atoms with van der Waals surface area (Å²) in [6.45, 7) is 2.78. The highest BCUT2D eigenvalue weighted by Gasteiger charge is 2.03. The van der Waals surface area contributed by atoms with Gasteiger partial charge in [0.25, 0.3) is 0 Å². The van der Waals surface area contributed by atoms with Crippen LogP contribution in [-0.2, 0) is 20.7 Å². The molecule has 0 fully saturated rings. The average Bonchev–Trinajstić information content (AvgIpc) is 2.36. The molecule has 0 unspecified atom stereocenters. The summed E-state index contributed by atoms with van der Waals surface area (Å²) in [6, 6.07) is 7.88. The van der Waals surface area contributed by atoms with Gasteiger partial charge in [-0.2, -0.15) is 0 Å². The highest BCUT2D eigenvalue weighted by Crippen LogP contribution is 2.19. The zero-order chi connectivity index (χ0) is 13.2. The minimum Gasteiger partial charge on any atom is -0.490 e. The molecule has 0 heterocycles. The Labute approximate surface area is 108 Å². The Morgan fingerprint density at radius 3 is 2.67 bits per heavy atom. The molecular weight excluding hydrogens is 232 g/mol. The van der Waals surface area contributed by atoms with Crippen LogP contribution in [0.2, 0.25) is 0 Å². The van der Waals surface area contributed by atoms with Crippen LogP contribution >= 0.6 is 0 Å². The van der Waals surface area contributed by atoms with Crippen LogP contribution in [0.15, 0.2) is 24.3 Å². The summed E-state index contributed by atoms with van der Waals surface area (Å²) in [5, 5.41) is 0. The van der Waals surface area contributed by atoms with Crippen molar-refractivity contribution in [2.24, 2.45) is 0 Å². The van der Waals surface area contributed by atoms with E-state index >= 15 is 0 Å². The molecule has 0 saturated heterocycles. The van der Waals surface area contributed by atoms with Crippen LogP contribution in [0.25, 0.3) is 0 Å². The van der Waals surface area contributed by atoms with Crippen LogP contribution in [0, 0.1) is 0 Å². The van der Waals surface area contributed by atoms with Crippen molar-refractivity contribution in [3.05, 3.63) is 29.8 Å². The Bertz CT molecular complexity index is 363. The van der Waals surface area contributed by atoms with Crippen LogP contribution in [0.3, 0.4) is 0 Å². The zero-order valence-corrected chi connectivity index (χ0v) is 11.0. The molecule has 0 aliphatic carbocycles. The zero-order valence-electron chi connectivity index (χ0n) is 11.0. The lowest BCUT2D eigenvalue weighted by atomic mass is 10.1. The highest BCUT2D eigenvalue weighted by atomic mass is 16.6. The molecule has 0 amide bonds. The molecule has 1 aromatic rings. The van der Waals surface area contributed by atoms with E-state index < -0.39 is 0 Å². The van der Waals surface area contributed by atoms with Crippen molar-refractivity contribution in [3.63, 3.8) is 0 Å². The van der Waals surface area contributed by atoms with Crippen molar-refractivity contribution in [2.45, 2.75) is 19.8 Å². The number of carbonyl (C=O) groups excluding carboxylic acids is 1. The topological polar surface area (TPSA) is 44.8 Å². The number of rotatable bonds is 8. The van der Waals surface area contributed by atoms with Crippen molar-refractivity contribution in [1.29, 1.82) is 0 Å². The molecule has 0 aromatic heterocycles. The summed E-state index contributed by atoms with van der Waals surface area (Å²) in [5.74, 6) is 0.563. The standard InChI is InChI=1S/C14H20O4/c1-12(15)17-10-11-18-14-8-4-3-6-13(14)7-5-9-16-2/h3-4,6,8H,5,7,9-11H2,1-2H3. The molecule has 0 aliphatic heterocycles. The molecule has 100 valence electrons. The van der Waals surface area contributed by atoms with Gasteiger partial charge in [0.1, 0.15) is 19.0 Å². The lowest BCUT2D eigenvalue weighted by molar-refractivity contribution is -0.141. The molecule has 1 aromatic carbocycles. The number of aryl methyl sites for hydroxylation is 1. The molecular formula is C14H20O4. The Kier molecular flexibility index (Phi) is 6.87. The third kappa shape index (κ3) is 5.68. The minimum absolute atomic E-state index is 0.280. The van der Waals surface area contributed by atoms with Crippen molar-refractivity contribution < 1.29 is 19.0 Å². The smallest absolute Gasteiger partial charge is 0.302 e. The van der Waals surface area contributed by atoms with Gasteiger partial charge in [-0.1, -0.05) is 18.2 Å². The maximum Gasteiger partial charge on any atom is 0.302 e. The van der Waals surface area contributed by atoms with Crippen LogP contribution in [0.4, 0.5) is 0 Å². The Morgan fingerprint density at radius 2 is 1.94 bits per heavy atom. The van der Waals surface area contributed by atoms with E-state index in [9.17, 15) is 4.79 Å². The summed E-state index contributed by atoms with van der Waals surface area (Å²) >= 11 is 0. The molecule has 0 N–H and O–H groups in total. The van der Waals surface area contributed by atoms with Gasteiger partial charge < -0.3 is 14.2 Å². The van der Waals surface area contributed by atoms with Gasteiger partial charge in [-0.15, -0.1) is 0 Å². The van der Waals surface area contributed by atoms with Gasteiger partial charge in [-0.25, -0.2) is 0 Å². The molecule has 1 rings (SSSR count). The minimum atomic E-state index is -0.285. The van der Waals surface area contributed by atoms with Crippen LogP contribution in [0.5, 0.6) is 5.75 Å². The van der Waals surface area contributed by atoms with E-state index in [2.05, 4.69) is 0 Å². The predicted octanol–water partition coefficient (Wildman–Crippen LogP) is 2.21. The lowest BCUT2D eigenvalue weighted by Crippen LogP contribution is -2.10. The second-order valence-corrected chi connectivity index (χ2v) is 3.89. The first kappa shape index (κ1) is 14.5. The molecule has 0 atom stereocenters. The van der Waals surface area contributed by atoms with Crippen LogP contribution in [0.1, 0.15) is 18.9 Å². The molecule has 0 aliphatic rings. The van der Waals surface area contributed by atoms with Gasteiger partial charge in [0.05, 0.1) is 0 Å². The fourth-order valence-corrected chi connectivity index (χ4v) is 1.60. The number of methoxy groups -OCH3 is 1. The number of carbonyl (C=O) groups is 1. The van der Waals surface area contributed by atoms with Crippen molar-refractivity contribution in [1.82, 2.24) is 0 Å². The summed E-state index contributed by atoms with van der Waals surface area (Å²) in [5.41, 5.74) is 1.15. The van der Waals surface area contributed by atoms with E-state index in [0.717, 1.165) is 30.8 Å². The van der Waals surface area contributed by atoms with Crippen LogP contribution in [-0.4, -0.2) is 32.9 Å². The van der Waals surface area contributed by atoms with Gasteiger partial charge >= 0.3 is 5.97 Å². The van der Waals surface area contributed by atoms with Crippen molar-refractivity contribution in [3.8, 4) is 5.75 Å². The van der Waals surface area contributed by atoms with Crippen LogP contribution < -0.4 is 4.74 Å². The Hall–Kier alpha value is -1.55. The summed E-state index contributed by atoms with van der Waals surface area (Å²) in [6.07, 6.45) is 1.87. The highest BCUT2D eigenvalue weighted by molar-refractivity contribution is 5.65. The fraction of sp³-hybridized carbons (Fsp3) is 0.500. The van der Waals surface area contributed by atoms with E-state index in [0.29, 0.717) is 6.61 Å². The van der Waals surface area contributed by atoms with Crippen molar-refractivity contribution in [2.75, 3.05) is 26.9 Å². The number of benzene rings is 1. The second-order valence-electron chi connectivity index (χ2n) is 3.89. The molecule has 4 heteroatoms. The number of hydrogen-bond donors (Lipinski definition) is 0. The Balaban J connectivity index is 2.40. The van der Waals surface area contributed by atoms with Gasteiger partial charge in [0.2, 0.25) is 0 Å². The van der Waals surface area contributed by atoms with E-state index in [1.54, 1.807) is 7.11 Å². The third-order valence-electron chi connectivity index (χ3n) is 2.41. The molecule has 0 saturated carbocycles. The molecule has 4 nitrogen and oxygen atoms in total. The Morgan fingerprint density at radius 1 is 1.17 bits per heavy atom. The van der Waals surface area contributed by atoms with Gasteiger partial charge in [0.15, 0.2) is 0 Å². The molecule has 0 spiro atoms. The molecule has 18 heavy (non-hydrogen) atoms. The normalized spacial score (nSPS) is 10.1. The fourth-order valence-electron chi connectivity index (χ4n) is 1.60. The van der Waals surface area contributed by atoms with Crippen molar-refractivity contribution >= 4 is 5.97 Å². The third-order valence-corrected chi connectivity index (χ3v) is 2.41. The van der Waals surface area contributed by atoms with E-state index in [4.69, 9.17) is 14.2 Å². The van der Waals surface area contributed by atoms with Gasteiger partial charge in [-0.05, 0) is 24.5 Å². The first-order chi connectivity index (χ1) is 8.74. The van der Waals surface area contributed by atoms with E-state index in [1.165, 1.54) is 6.92 Å². The first-order valence-corrected chi connectivity index (χ1v) is 6.07. The summed E-state index contributed by atoms with van der Waals surface area (Å²) < 4.78 is 15.4. The first-order valence-electron chi connectivity index (χ1n) is 6.07. The number of esters is 1. The summed E-state index contributed by atoms with van der Waals surface area (Å²) in [4.78, 5) is 10.6. The lowest BCUT2D eigenvalue weighted by Gasteiger charge is -2.11. The monoisotopic (exact) mass is 252 g/mol. The number of para-hydroxylation sites is 1. The maximum atomic E-state index is 10.6. The second kappa shape index (κ2) is 8.53. The van der Waals surface area contributed by atoms with E-state index in [-0.39, 0.29) is 12.6 Å². The predicted molar refractivity (Wildman–Crippen MR) is 68.8 cm³/mol. The SMILES string of the molecule is COCCCc1ccccc1OCCOC(C)=O. The van der Waals surface area contributed by atoms with E-state index in [1.807, 2.05) is 24.3 Å². The quantitative estimate of drug-likeness (QED) is 0.525. The average molecular weight is 252 g/mol. The largest absolute Gasteiger partial charge is 0.490 e. The molecule has 0 radical (unpaired) electrons. The molecule has 0 bridgehead atoms.